The average Bonchev–Trinajstić information content (AvgIpc) is 3.01. The number of aromatic nitrogens is 3. The summed E-state index contributed by atoms with van der Waals surface area (Å²) in [5.74, 6) is 1.10. The highest BCUT2D eigenvalue weighted by atomic mass is 79.9. The quantitative estimate of drug-likeness (QED) is 0.567. The first-order chi connectivity index (χ1) is 13.0. The third kappa shape index (κ3) is 4.78. The third-order valence-corrected chi connectivity index (χ3v) is 6.34. The van der Waals surface area contributed by atoms with Gasteiger partial charge in [-0.3, -0.25) is 4.79 Å². The van der Waals surface area contributed by atoms with Crippen molar-refractivity contribution in [3.63, 3.8) is 0 Å². The van der Waals surface area contributed by atoms with Crippen LogP contribution in [0.15, 0.2) is 52.1 Å². The van der Waals surface area contributed by atoms with Gasteiger partial charge < -0.3 is 9.88 Å². The van der Waals surface area contributed by atoms with Crippen molar-refractivity contribution >= 4 is 39.3 Å². The molecule has 1 aromatic heterocycles. The summed E-state index contributed by atoms with van der Waals surface area (Å²) >= 11 is 4.89. The fraction of sp³-hybridized carbons (Fsp3) is 0.250. The van der Waals surface area contributed by atoms with E-state index in [9.17, 15) is 4.79 Å². The van der Waals surface area contributed by atoms with Gasteiger partial charge in [-0.2, -0.15) is 0 Å². The summed E-state index contributed by atoms with van der Waals surface area (Å²) in [5.41, 5.74) is 4.21. The number of thioether (sulfide) groups is 1. The lowest BCUT2D eigenvalue weighted by Gasteiger charge is -2.11. The number of nitrogens with zero attached hydrogens (tertiary/aromatic N) is 3. The van der Waals surface area contributed by atoms with Gasteiger partial charge in [0.15, 0.2) is 5.16 Å². The number of halogens is 1. The minimum Gasteiger partial charge on any atom is -0.325 e. The van der Waals surface area contributed by atoms with Crippen LogP contribution in [0.3, 0.4) is 0 Å². The third-order valence-electron chi connectivity index (χ3n) is 4.46. The van der Waals surface area contributed by atoms with Crippen molar-refractivity contribution in [2.45, 2.75) is 25.4 Å². The van der Waals surface area contributed by atoms with Crippen molar-refractivity contribution < 1.29 is 4.79 Å². The highest BCUT2D eigenvalue weighted by Crippen LogP contribution is 2.26. The summed E-state index contributed by atoms with van der Waals surface area (Å²) in [6.07, 6.45) is 0.717. The number of carbonyl (C=O) groups is 1. The van der Waals surface area contributed by atoms with Gasteiger partial charge >= 0.3 is 0 Å². The molecule has 1 heterocycles. The highest BCUT2D eigenvalue weighted by molar-refractivity contribution is 9.10. The minimum absolute atomic E-state index is 0.0579. The Kier molecular flexibility index (Phi) is 6.34. The number of anilines is 1. The number of amides is 1. The standard InChI is InChI=1S/C20H21BrN4OS/c1-13-14(2)17(10-9-16(13)21)22-19(26)12-27-20-24-23-18(25(20)3)11-15-7-5-4-6-8-15/h4-10H,11-12H2,1-3H3,(H,22,26). The molecule has 1 N–H and O–H groups in total. The Bertz CT molecular complexity index is 956. The fourth-order valence-electron chi connectivity index (χ4n) is 2.64. The summed E-state index contributed by atoms with van der Waals surface area (Å²) in [7, 11) is 1.93. The van der Waals surface area contributed by atoms with Gasteiger partial charge in [0.05, 0.1) is 5.75 Å². The summed E-state index contributed by atoms with van der Waals surface area (Å²) in [6, 6.07) is 14.0. The van der Waals surface area contributed by atoms with E-state index in [1.165, 1.54) is 17.3 Å². The largest absolute Gasteiger partial charge is 0.325 e. The molecule has 0 aliphatic rings. The molecule has 140 valence electrons. The van der Waals surface area contributed by atoms with Crippen LogP contribution in [-0.2, 0) is 18.3 Å². The molecule has 3 rings (SSSR count). The van der Waals surface area contributed by atoms with Gasteiger partial charge in [-0.1, -0.05) is 58.0 Å². The predicted molar refractivity (Wildman–Crippen MR) is 113 cm³/mol. The van der Waals surface area contributed by atoms with Crippen molar-refractivity contribution in [1.29, 1.82) is 0 Å². The van der Waals surface area contributed by atoms with E-state index in [-0.39, 0.29) is 11.7 Å². The fourth-order valence-corrected chi connectivity index (χ4v) is 3.80. The second-order valence-electron chi connectivity index (χ2n) is 6.30. The van der Waals surface area contributed by atoms with Crippen LogP contribution >= 0.6 is 27.7 Å². The van der Waals surface area contributed by atoms with Crippen LogP contribution in [0.4, 0.5) is 5.69 Å². The molecule has 27 heavy (non-hydrogen) atoms. The number of carbonyl (C=O) groups excluding carboxylic acids is 1. The number of hydrogen-bond acceptors (Lipinski definition) is 4. The first-order valence-electron chi connectivity index (χ1n) is 8.56. The molecule has 0 atom stereocenters. The van der Waals surface area contributed by atoms with E-state index in [0.29, 0.717) is 6.42 Å². The average molecular weight is 445 g/mol. The Balaban J connectivity index is 1.60. The molecule has 0 unspecified atom stereocenters. The Morgan fingerprint density at radius 2 is 1.85 bits per heavy atom. The van der Waals surface area contributed by atoms with Crippen molar-refractivity contribution in [3.05, 3.63) is 69.5 Å². The minimum atomic E-state index is -0.0579. The number of benzene rings is 2. The second-order valence-corrected chi connectivity index (χ2v) is 8.10. The van der Waals surface area contributed by atoms with Gasteiger partial charge in [-0.05, 0) is 42.7 Å². The van der Waals surface area contributed by atoms with Gasteiger partial charge in [0, 0.05) is 23.6 Å². The van der Waals surface area contributed by atoms with Crippen LogP contribution in [0, 0.1) is 13.8 Å². The molecular formula is C20H21BrN4OS. The van der Waals surface area contributed by atoms with E-state index >= 15 is 0 Å². The monoisotopic (exact) mass is 444 g/mol. The maximum atomic E-state index is 12.3. The molecule has 0 aliphatic carbocycles. The predicted octanol–water partition coefficient (Wildman–Crippen LogP) is 4.52. The van der Waals surface area contributed by atoms with Crippen LogP contribution in [0.1, 0.15) is 22.5 Å². The zero-order chi connectivity index (χ0) is 19.4. The van der Waals surface area contributed by atoms with Crippen LogP contribution < -0.4 is 5.32 Å². The Morgan fingerprint density at radius 3 is 2.59 bits per heavy atom. The van der Waals surface area contributed by atoms with Gasteiger partial charge in [-0.25, -0.2) is 0 Å². The van der Waals surface area contributed by atoms with Gasteiger partial charge in [0.2, 0.25) is 5.91 Å². The van der Waals surface area contributed by atoms with Crippen molar-refractivity contribution in [2.75, 3.05) is 11.1 Å². The maximum absolute atomic E-state index is 12.3. The Hall–Kier alpha value is -2.12. The topological polar surface area (TPSA) is 59.8 Å². The lowest BCUT2D eigenvalue weighted by molar-refractivity contribution is -0.113. The summed E-state index contributed by atoms with van der Waals surface area (Å²) in [6.45, 7) is 4.03. The van der Waals surface area contributed by atoms with Crippen molar-refractivity contribution in [1.82, 2.24) is 14.8 Å². The smallest absolute Gasteiger partial charge is 0.234 e. The zero-order valence-corrected chi connectivity index (χ0v) is 17.9. The van der Waals surface area contributed by atoms with E-state index < -0.39 is 0 Å². The highest BCUT2D eigenvalue weighted by Gasteiger charge is 2.13. The van der Waals surface area contributed by atoms with Crippen molar-refractivity contribution in [3.8, 4) is 0 Å². The number of hydrogen-bond donors (Lipinski definition) is 1. The van der Waals surface area contributed by atoms with Crippen molar-refractivity contribution in [2.24, 2.45) is 7.05 Å². The Morgan fingerprint density at radius 1 is 1.11 bits per heavy atom. The molecule has 0 radical (unpaired) electrons. The van der Waals surface area contributed by atoms with E-state index in [2.05, 4.69) is 43.6 Å². The van der Waals surface area contributed by atoms with Crippen LogP contribution in [-0.4, -0.2) is 26.4 Å². The number of rotatable bonds is 6. The maximum Gasteiger partial charge on any atom is 0.234 e. The zero-order valence-electron chi connectivity index (χ0n) is 15.5. The molecule has 7 heteroatoms. The van der Waals surface area contributed by atoms with Gasteiger partial charge in [0.25, 0.3) is 0 Å². The normalized spacial score (nSPS) is 10.8. The first-order valence-corrected chi connectivity index (χ1v) is 10.3. The molecule has 3 aromatic rings. The van der Waals surface area contributed by atoms with Crippen LogP contribution in [0.25, 0.3) is 0 Å². The molecule has 0 spiro atoms. The lowest BCUT2D eigenvalue weighted by atomic mass is 10.1. The molecule has 2 aromatic carbocycles. The molecule has 0 saturated carbocycles. The molecule has 1 amide bonds. The molecule has 5 nitrogen and oxygen atoms in total. The molecule has 0 aliphatic heterocycles. The van der Waals surface area contributed by atoms with E-state index in [0.717, 1.165) is 32.3 Å². The van der Waals surface area contributed by atoms with E-state index in [1.54, 1.807) is 0 Å². The van der Waals surface area contributed by atoms with Gasteiger partial charge in [0.1, 0.15) is 5.82 Å². The molecule has 0 fully saturated rings. The summed E-state index contributed by atoms with van der Waals surface area (Å²) < 4.78 is 2.98. The van der Waals surface area contributed by atoms with E-state index in [4.69, 9.17) is 0 Å². The lowest BCUT2D eigenvalue weighted by Crippen LogP contribution is -2.15. The Labute approximate surface area is 171 Å². The van der Waals surface area contributed by atoms with Gasteiger partial charge in [-0.15, -0.1) is 10.2 Å². The molecular weight excluding hydrogens is 424 g/mol. The first kappa shape index (κ1) is 19.6. The van der Waals surface area contributed by atoms with E-state index in [1.807, 2.05) is 55.8 Å². The second kappa shape index (κ2) is 8.71. The molecule has 0 bridgehead atoms. The summed E-state index contributed by atoms with van der Waals surface area (Å²) in [5, 5.41) is 12.2. The number of nitrogens with one attached hydrogen (secondary N) is 1. The van der Waals surface area contributed by atoms with Crippen LogP contribution in [0.5, 0.6) is 0 Å². The SMILES string of the molecule is Cc1c(Br)ccc(NC(=O)CSc2nnc(Cc3ccccc3)n2C)c1C. The van der Waals surface area contributed by atoms with Crippen LogP contribution in [0.2, 0.25) is 0 Å². The molecule has 0 saturated heterocycles. The summed E-state index contributed by atoms with van der Waals surface area (Å²) in [4.78, 5) is 12.3.